The second-order valence-electron chi connectivity index (χ2n) is 6.14. The number of nitrogens with zero attached hydrogens (tertiary/aromatic N) is 4. The minimum atomic E-state index is -0.0269. The zero-order valence-corrected chi connectivity index (χ0v) is 15.8. The molecule has 1 atom stereocenters. The second-order valence-corrected chi connectivity index (χ2v) is 7.05. The summed E-state index contributed by atoms with van der Waals surface area (Å²) < 4.78 is 8.46. The molecule has 1 aromatic carbocycles. The van der Waals surface area contributed by atoms with E-state index in [0.717, 1.165) is 21.4 Å². The van der Waals surface area contributed by atoms with Crippen molar-refractivity contribution in [3.8, 4) is 0 Å². The molecule has 0 aliphatic carbocycles. The molecule has 0 bridgehead atoms. The van der Waals surface area contributed by atoms with Crippen LogP contribution in [-0.2, 0) is 13.0 Å². The van der Waals surface area contributed by atoms with Crippen molar-refractivity contribution >= 4 is 21.6 Å². The number of hydrogen-bond donors (Lipinski definition) is 1. The first kappa shape index (κ1) is 16.9. The minimum absolute atomic E-state index is 0.0269. The number of imidazole rings is 1. The molecule has 0 fully saturated rings. The van der Waals surface area contributed by atoms with Gasteiger partial charge in [0.05, 0.1) is 24.4 Å². The molecule has 0 saturated heterocycles. The second kappa shape index (κ2) is 7.39. The lowest BCUT2D eigenvalue weighted by Gasteiger charge is -2.09. The lowest BCUT2D eigenvalue weighted by Crippen LogP contribution is -2.20. The first-order chi connectivity index (χ1) is 12.7. The fourth-order valence-corrected chi connectivity index (χ4v) is 3.11. The van der Waals surface area contributed by atoms with Crippen molar-refractivity contribution in [1.82, 2.24) is 24.8 Å². The summed E-state index contributed by atoms with van der Waals surface area (Å²) in [6.07, 6.45) is 4.52. The summed E-state index contributed by atoms with van der Waals surface area (Å²) in [5, 5.41) is 7.54. The molecule has 4 rings (SSSR count). The molecular formula is C19H18BrN5O. The topological polar surface area (TPSA) is 68.2 Å². The first-order valence-corrected chi connectivity index (χ1v) is 9.19. The Labute approximate surface area is 159 Å². The van der Waals surface area contributed by atoms with Gasteiger partial charge in [-0.1, -0.05) is 35.5 Å². The third-order valence-electron chi connectivity index (χ3n) is 4.20. The van der Waals surface area contributed by atoms with Crippen molar-refractivity contribution in [3.05, 3.63) is 82.3 Å². The predicted octanol–water partition coefficient (Wildman–Crippen LogP) is 3.92. The van der Waals surface area contributed by atoms with Gasteiger partial charge in [-0.2, -0.15) is 4.98 Å². The number of halogens is 1. The van der Waals surface area contributed by atoms with Crippen LogP contribution in [0.2, 0.25) is 0 Å². The monoisotopic (exact) mass is 411 g/mol. The van der Waals surface area contributed by atoms with E-state index in [4.69, 9.17) is 4.52 Å². The van der Waals surface area contributed by atoms with Crippen LogP contribution in [0.5, 0.6) is 0 Å². The van der Waals surface area contributed by atoms with Crippen molar-refractivity contribution in [2.24, 2.45) is 0 Å². The summed E-state index contributed by atoms with van der Waals surface area (Å²) in [6.45, 7) is 2.68. The Morgan fingerprint density at radius 3 is 2.88 bits per heavy atom. The molecule has 3 aromatic heterocycles. The highest BCUT2D eigenvalue weighted by molar-refractivity contribution is 9.10. The van der Waals surface area contributed by atoms with Crippen LogP contribution in [0.15, 0.2) is 63.9 Å². The van der Waals surface area contributed by atoms with E-state index < -0.39 is 0 Å². The number of nitrogens with one attached hydrogen (secondary N) is 1. The Hall–Kier alpha value is -2.51. The number of benzene rings is 1. The quantitative estimate of drug-likeness (QED) is 0.520. The molecule has 0 radical (unpaired) electrons. The standard InChI is InChI=1S/C19H18BrN5O/c1-13(19-23-18(26-24-19)9-14-5-3-2-4-6-14)21-10-16-11-22-17-8-7-15(20)12-25(16)17/h2-8,11-13,21H,9-10H2,1H3/t13-/m0/s1. The van der Waals surface area contributed by atoms with Crippen molar-refractivity contribution in [1.29, 1.82) is 0 Å². The summed E-state index contributed by atoms with van der Waals surface area (Å²) in [5.41, 5.74) is 3.14. The maximum atomic E-state index is 5.39. The van der Waals surface area contributed by atoms with E-state index in [1.165, 1.54) is 0 Å². The molecule has 0 amide bonds. The third kappa shape index (κ3) is 3.68. The number of fused-ring (bicyclic) bond motifs is 1. The highest BCUT2D eigenvalue weighted by atomic mass is 79.9. The molecule has 6 nitrogen and oxygen atoms in total. The number of hydrogen-bond acceptors (Lipinski definition) is 5. The minimum Gasteiger partial charge on any atom is -0.339 e. The van der Waals surface area contributed by atoms with Crippen LogP contribution in [0.4, 0.5) is 0 Å². The van der Waals surface area contributed by atoms with Gasteiger partial charge in [-0.3, -0.25) is 0 Å². The average Bonchev–Trinajstić information content (AvgIpc) is 3.27. The van der Waals surface area contributed by atoms with Crippen LogP contribution in [0, 0.1) is 0 Å². The zero-order valence-electron chi connectivity index (χ0n) is 14.3. The zero-order chi connectivity index (χ0) is 17.9. The maximum Gasteiger partial charge on any atom is 0.231 e. The number of aromatic nitrogens is 4. The van der Waals surface area contributed by atoms with Crippen LogP contribution in [0.25, 0.3) is 5.65 Å². The van der Waals surface area contributed by atoms with Gasteiger partial charge in [0, 0.05) is 17.2 Å². The highest BCUT2D eigenvalue weighted by Crippen LogP contribution is 2.16. The molecule has 0 unspecified atom stereocenters. The van der Waals surface area contributed by atoms with Gasteiger partial charge in [0.1, 0.15) is 5.65 Å². The van der Waals surface area contributed by atoms with E-state index >= 15 is 0 Å². The Balaban J connectivity index is 1.42. The Morgan fingerprint density at radius 2 is 2.04 bits per heavy atom. The average molecular weight is 412 g/mol. The molecule has 3 heterocycles. The highest BCUT2D eigenvalue weighted by Gasteiger charge is 2.14. The van der Waals surface area contributed by atoms with Crippen molar-refractivity contribution in [2.45, 2.75) is 25.9 Å². The van der Waals surface area contributed by atoms with Gasteiger partial charge >= 0.3 is 0 Å². The van der Waals surface area contributed by atoms with E-state index in [0.29, 0.717) is 24.7 Å². The largest absolute Gasteiger partial charge is 0.339 e. The normalized spacial score (nSPS) is 12.5. The smallest absolute Gasteiger partial charge is 0.231 e. The number of pyridine rings is 1. The van der Waals surface area contributed by atoms with E-state index in [-0.39, 0.29) is 6.04 Å². The SMILES string of the molecule is C[C@H](NCc1cnc2ccc(Br)cn12)c1noc(Cc2ccccc2)n1. The van der Waals surface area contributed by atoms with Gasteiger partial charge in [0.25, 0.3) is 0 Å². The van der Waals surface area contributed by atoms with Gasteiger partial charge in [-0.15, -0.1) is 0 Å². The Bertz CT molecular complexity index is 1010. The van der Waals surface area contributed by atoms with Crippen LogP contribution >= 0.6 is 15.9 Å². The molecule has 0 saturated carbocycles. The molecule has 4 aromatic rings. The van der Waals surface area contributed by atoms with Gasteiger partial charge in [-0.05, 0) is 40.5 Å². The summed E-state index contributed by atoms with van der Waals surface area (Å²) in [4.78, 5) is 8.93. The van der Waals surface area contributed by atoms with Crippen molar-refractivity contribution in [2.75, 3.05) is 0 Å². The molecule has 26 heavy (non-hydrogen) atoms. The summed E-state index contributed by atoms with van der Waals surface area (Å²) >= 11 is 3.50. The van der Waals surface area contributed by atoms with E-state index in [1.54, 1.807) is 0 Å². The summed E-state index contributed by atoms with van der Waals surface area (Å²) in [5.74, 6) is 1.28. The molecule has 0 aliphatic rings. The lowest BCUT2D eigenvalue weighted by molar-refractivity contribution is 0.372. The van der Waals surface area contributed by atoms with E-state index in [2.05, 4.69) is 52.9 Å². The maximum absolute atomic E-state index is 5.39. The first-order valence-electron chi connectivity index (χ1n) is 8.40. The summed E-state index contributed by atoms with van der Waals surface area (Å²) in [7, 11) is 0. The van der Waals surface area contributed by atoms with Gasteiger partial charge in [0.2, 0.25) is 5.89 Å². The lowest BCUT2D eigenvalue weighted by atomic mass is 10.1. The van der Waals surface area contributed by atoms with Crippen LogP contribution in [0.3, 0.4) is 0 Å². The van der Waals surface area contributed by atoms with Gasteiger partial charge < -0.3 is 14.2 Å². The Morgan fingerprint density at radius 1 is 1.19 bits per heavy atom. The molecule has 0 aliphatic heterocycles. The fourth-order valence-electron chi connectivity index (χ4n) is 2.77. The van der Waals surface area contributed by atoms with Crippen LogP contribution in [0.1, 0.15) is 35.9 Å². The number of rotatable bonds is 6. The van der Waals surface area contributed by atoms with E-state index in [1.807, 2.05) is 49.6 Å². The molecule has 0 spiro atoms. The third-order valence-corrected chi connectivity index (χ3v) is 4.67. The van der Waals surface area contributed by atoms with Crippen molar-refractivity contribution in [3.63, 3.8) is 0 Å². The van der Waals surface area contributed by atoms with Crippen LogP contribution in [-0.4, -0.2) is 19.5 Å². The van der Waals surface area contributed by atoms with Gasteiger partial charge in [-0.25, -0.2) is 4.98 Å². The van der Waals surface area contributed by atoms with Gasteiger partial charge in [0.15, 0.2) is 5.82 Å². The molecular weight excluding hydrogens is 394 g/mol. The predicted molar refractivity (Wildman–Crippen MR) is 102 cm³/mol. The summed E-state index contributed by atoms with van der Waals surface area (Å²) in [6, 6.07) is 14.0. The molecule has 7 heteroatoms. The molecule has 132 valence electrons. The van der Waals surface area contributed by atoms with Crippen molar-refractivity contribution < 1.29 is 4.52 Å². The molecule has 1 N–H and O–H groups in total. The fraction of sp³-hybridized carbons (Fsp3) is 0.211. The van der Waals surface area contributed by atoms with E-state index in [9.17, 15) is 0 Å². The Kier molecular flexibility index (Phi) is 4.81. The van der Waals surface area contributed by atoms with Crippen LogP contribution < -0.4 is 5.32 Å².